The lowest BCUT2D eigenvalue weighted by Crippen LogP contribution is -2.11. The smallest absolute Gasteiger partial charge is 0.133 e. The van der Waals surface area contributed by atoms with Gasteiger partial charge in [-0.15, -0.1) is 0 Å². The summed E-state index contributed by atoms with van der Waals surface area (Å²) >= 11 is 0. The van der Waals surface area contributed by atoms with E-state index in [1.54, 1.807) is 0 Å². The highest BCUT2D eigenvalue weighted by Gasteiger charge is 2.18. The monoisotopic (exact) mass is 238 g/mol. The van der Waals surface area contributed by atoms with Crippen molar-refractivity contribution in [1.82, 2.24) is 0 Å². The van der Waals surface area contributed by atoms with Gasteiger partial charge in [-0.25, -0.2) is 0 Å². The zero-order chi connectivity index (χ0) is 11.9. The Morgan fingerprint density at radius 2 is 1.71 bits per heavy atom. The first kappa shape index (κ1) is 13.1. The van der Waals surface area contributed by atoms with Crippen molar-refractivity contribution in [3.8, 4) is 0 Å². The van der Waals surface area contributed by atoms with E-state index < -0.39 is 0 Å². The predicted molar refractivity (Wildman–Crippen MR) is 69.0 cm³/mol. The molecule has 1 aliphatic heterocycles. The average molecular weight is 238 g/mol. The summed E-state index contributed by atoms with van der Waals surface area (Å²) in [5, 5.41) is 0. The lowest BCUT2D eigenvalue weighted by atomic mass is 9.85. The molecule has 2 aliphatic rings. The Kier molecular flexibility index (Phi) is 5.50. The minimum absolute atomic E-state index is 0.383. The molecule has 0 radical (unpaired) electrons. The highest BCUT2D eigenvalue weighted by atomic mass is 16.5. The number of ether oxygens (including phenoxy) is 1. The fourth-order valence-corrected chi connectivity index (χ4v) is 3.16. The van der Waals surface area contributed by atoms with Crippen molar-refractivity contribution < 1.29 is 9.53 Å². The van der Waals surface area contributed by atoms with Gasteiger partial charge in [-0.1, -0.05) is 32.1 Å². The van der Waals surface area contributed by atoms with Crippen LogP contribution < -0.4 is 0 Å². The lowest BCUT2D eigenvalue weighted by Gasteiger charge is -2.21. The molecule has 0 bridgehead atoms. The second-order valence-electron chi connectivity index (χ2n) is 5.76. The molecule has 1 heterocycles. The molecule has 0 aromatic carbocycles. The number of rotatable bonds is 6. The number of carbonyl (C=O) groups is 1. The molecule has 0 aromatic rings. The highest BCUT2D eigenvalue weighted by molar-refractivity contribution is 5.78. The third kappa shape index (κ3) is 4.79. The van der Waals surface area contributed by atoms with Gasteiger partial charge in [0.1, 0.15) is 5.78 Å². The second kappa shape index (κ2) is 7.15. The van der Waals surface area contributed by atoms with Crippen molar-refractivity contribution in [3.05, 3.63) is 0 Å². The van der Waals surface area contributed by atoms with E-state index in [0.29, 0.717) is 11.9 Å². The van der Waals surface area contributed by atoms with E-state index in [1.165, 1.54) is 38.5 Å². The van der Waals surface area contributed by atoms with Gasteiger partial charge in [0.05, 0.1) is 6.10 Å². The summed E-state index contributed by atoms with van der Waals surface area (Å²) < 4.78 is 5.55. The number of Topliss-reactive ketones (excluding diaryl/α,β-unsaturated/α-hetero) is 1. The summed E-state index contributed by atoms with van der Waals surface area (Å²) in [7, 11) is 0. The van der Waals surface area contributed by atoms with Crippen molar-refractivity contribution in [2.24, 2.45) is 5.92 Å². The molecule has 98 valence electrons. The first-order chi connectivity index (χ1) is 8.34. The lowest BCUT2D eigenvalue weighted by molar-refractivity contribution is -0.120. The van der Waals surface area contributed by atoms with Gasteiger partial charge in [0.15, 0.2) is 0 Å². The summed E-state index contributed by atoms with van der Waals surface area (Å²) in [4.78, 5) is 11.8. The summed E-state index contributed by atoms with van der Waals surface area (Å²) in [6.45, 7) is 0.904. The molecular weight excluding hydrogens is 212 g/mol. The van der Waals surface area contributed by atoms with Crippen LogP contribution in [0.15, 0.2) is 0 Å². The third-order valence-electron chi connectivity index (χ3n) is 4.33. The fourth-order valence-electron chi connectivity index (χ4n) is 3.16. The molecule has 1 unspecified atom stereocenters. The van der Waals surface area contributed by atoms with Gasteiger partial charge in [-0.05, 0) is 31.6 Å². The van der Waals surface area contributed by atoms with Crippen LogP contribution in [0.3, 0.4) is 0 Å². The van der Waals surface area contributed by atoms with Gasteiger partial charge >= 0.3 is 0 Å². The third-order valence-corrected chi connectivity index (χ3v) is 4.33. The molecule has 2 fully saturated rings. The predicted octanol–water partition coefficient (Wildman–Crippen LogP) is 3.88. The van der Waals surface area contributed by atoms with E-state index in [2.05, 4.69) is 0 Å². The van der Waals surface area contributed by atoms with Gasteiger partial charge in [-0.3, -0.25) is 4.79 Å². The summed E-state index contributed by atoms with van der Waals surface area (Å²) in [6, 6.07) is 0. The van der Waals surface area contributed by atoms with Crippen LogP contribution in [0.4, 0.5) is 0 Å². The zero-order valence-electron chi connectivity index (χ0n) is 11.0. The number of carbonyl (C=O) groups excluding carboxylic acids is 1. The normalized spacial score (nSPS) is 26.2. The Balaban J connectivity index is 1.53. The van der Waals surface area contributed by atoms with Gasteiger partial charge < -0.3 is 4.74 Å². The highest BCUT2D eigenvalue weighted by Crippen LogP contribution is 2.27. The van der Waals surface area contributed by atoms with E-state index >= 15 is 0 Å². The molecule has 1 aliphatic carbocycles. The van der Waals surface area contributed by atoms with E-state index in [0.717, 1.165) is 44.6 Å². The van der Waals surface area contributed by atoms with Crippen LogP contribution in [0.25, 0.3) is 0 Å². The molecule has 0 aromatic heterocycles. The Bertz CT molecular complexity index is 225. The summed E-state index contributed by atoms with van der Waals surface area (Å²) in [6.07, 6.45) is 13.3. The van der Waals surface area contributed by atoms with Gasteiger partial charge in [-0.2, -0.15) is 0 Å². The SMILES string of the molecule is O=C(CCC1CCCCC1)CCC1CCCO1. The average Bonchev–Trinajstić information content (AvgIpc) is 2.88. The minimum atomic E-state index is 0.383. The molecule has 0 spiro atoms. The van der Waals surface area contributed by atoms with Crippen LogP contribution >= 0.6 is 0 Å². The van der Waals surface area contributed by atoms with Gasteiger partial charge in [0.25, 0.3) is 0 Å². The Morgan fingerprint density at radius 1 is 0.941 bits per heavy atom. The standard InChI is InChI=1S/C15H26O2/c16-14(10-11-15-7-4-12-17-15)9-8-13-5-2-1-3-6-13/h13,15H,1-12H2. The van der Waals surface area contributed by atoms with Crippen LogP contribution in [0, 0.1) is 5.92 Å². The molecule has 0 N–H and O–H groups in total. The van der Waals surface area contributed by atoms with Crippen molar-refractivity contribution in [2.75, 3.05) is 6.61 Å². The van der Waals surface area contributed by atoms with Crippen molar-refractivity contribution >= 4 is 5.78 Å². The maximum Gasteiger partial charge on any atom is 0.133 e. The summed E-state index contributed by atoms with van der Waals surface area (Å²) in [5.74, 6) is 1.31. The van der Waals surface area contributed by atoms with Gasteiger partial charge in [0.2, 0.25) is 0 Å². The van der Waals surface area contributed by atoms with E-state index in [1.807, 2.05) is 0 Å². The van der Waals surface area contributed by atoms with Gasteiger partial charge in [0, 0.05) is 19.4 Å². The molecule has 2 nitrogen and oxygen atoms in total. The fraction of sp³-hybridized carbons (Fsp3) is 0.933. The Hall–Kier alpha value is -0.370. The van der Waals surface area contributed by atoms with Crippen LogP contribution in [0.2, 0.25) is 0 Å². The van der Waals surface area contributed by atoms with Crippen LogP contribution in [0.5, 0.6) is 0 Å². The first-order valence-corrected chi connectivity index (χ1v) is 7.48. The van der Waals surface area contributed by atoms with Crippen LogP contribution in [-0.4, -0.2) is 18.5 Å². The Labute approximate surface area is 105 Å². The topological polar surface area (TPSA) is 26.3 Å². The minimum Gasteiger partial charge on any atom is -0.378 e. The second-order valence-corrected chi connectivity index (χ2v) is 5.76. The molecule has 0 amide bonds. The van der Waals surface area contributed by atoms with Crippen LogP contribution in [-0.2, 0) is 9.53 Å². The largest absolute Gasteiger partial charge is 0.378 e. The molecule has 1 saturated carbocycles. The van der Waals surface area contributed by atoms with Crippen molar-refractivity contribution in [3.63, 3.8) is 0 Å². The molecule has 2 rings (SSSR count). The first-order valence-electron chi connectivity index (χ1n) is 7.48. The molecule has 1 atom stereocenters. The van der Waals surface area contributed by atoms with Crippen molar-refractivity contribution in [1.29, 1.82) is 0 Å². The van der Waals surface area contributed by atoms with E-state index in [9.17, 15) is 4.79 Å². The number of hydrogen-bond donors (Lipinski definition) is 0. The van der Waals surface area contributed by atoms with Crippen molar-refractivity contribution in [2.45, 2.75) is 76.7 Å². The maximum absolute atomic E-state index is 11.8. The maximum atomic E-state index is 11.8. The van der Waals surface area contributed by atoms with E-state index in [-0.39, 0.29) is 0 Å². The number of ketones is 1. The van der Waals surface area contributed by atoms with E-state index in [4.69, 9.17) is 4.74 Å². The molecule has 1 saturated heterocycles. The Morgan fingerprint density at radius 3 is 2.41 bits per heavy atom. The number of hydrogen-bond acceptors (Lipinski definition) is 2. The summed E-state index contributed by atoms with van der Waals surface area (Å²) in [5.41, 5.74) is 0. The molecule has 2 heteroatoms. The van der Waals surface area contributed by atoms with Crippen LogP contribution in [0.1, 0.15) is 70.6 Å². The quantitative estimate of drug-likeness (QED) is 0.702. The molecular formula is C15H26O2. The zero-order valence-corrected chi connectivity index (χ0v) is 11.0. The molecule has 17 heavy (non-hydrogen) atoms.